The number of phenols is 1. The number of carbonyl (C=O) groups is 1. The average molecular weight is 441 g/mol. The van der Waals surface area contributed by atoms with Crippen LogP contribution < -0.4 is 4.18 Å². The van der Waals surface area contributed by atoms with Gasteiger partial charge in [0.25, 0.3) is 0 Å². The molecule has 0 bridgehead atoms. The van der Waals surface area contributed by atoms with Crippen molar-refractivity contribution >= 4 is 16.7 Å². The Kier molecular flexibility index (Phi) is 5.76. The summed E-state index contributed by atoms with van der Waals surface area (Å²) in [7, 11) is -4.82. The van der Waals surface area contributed by atoms with E-state index in [4.69, 9.17) is 4.18 Å². The molecule has 2 aliphatic rings. The maximum absolute atomic E-state index is 11.7. The fourth-order valence-electron chi connectivity index (χ4n) is 6.45. The highest BCUT2D eigenvalue weighted by Crippen LogP contribution is 2.62. The van der Waals surface area contributed by atoms with Crippen LogP contribution in [-0.4, -0.2) is 35.1 Å². The van der Waals surface area contributed by atoms with Crippen LogP contribution in [0.2, 0.25) is 0 Å². The third-order valence-corrected chi connectivity index (χ3v) is 8.16. The highest BCUT2D eigenvalue weighted by atomic mass is 32.3. The summed E-state index contributed by atoms with van der Waals surface area (Å²) in [6.45, 7) is 8.46. The average Bonchev–Trinajstić information content (AvgIpc) is 2.58. The van der Waals surface area contributed by atoms with Gasteiger partial charge in [0.15, 0.2) is 6.29 Å². The van der Waals surface area contributed by atoms with Crippen LogP contribution in [0.3, 0.4) is 0 Å². The Hall–Kier alpha value is -1.64. The van der Waals surface area contributed by atoms with E-state index in [0.717, 1.165) is 31.7 Å². The molecule has 0 heterocycles. The maximum Gasteiger partial charge on any atom is 0.446 e. The minimum Gasteiger partial charge on any atom is -0.507 e. The number of hydrogen-bond donors (Lipinski definition) is 3. The molecule has 7 nitrogen and oxygen atoms in total. The number of carbonyl (C=O) groups excluding carboxylic acids is 1. The van der Waals surface area contributed by atoms with Gasteiger partial charge in [0.1, 0.15) is 11.5 Å². The number of hydrogen-bond acceptors (Lipinski definition) is 6. The lowest BCUT2D eigenvalue weighted by molar-refractivity contribution is -0.166. The van der Waals surface area contributed by atoms with Crippen molar-refractivity contribution in [2.45, 2.75) is 71.8 Å². The van der Waals surface area contributed by atoms with Gasteiger partial charge in [0.2, 0.25) is 0 Å². The number of aldehydes is 1. The van der Waals surface area contributed by atoms with Crippen molar-refractivity contribution in [3.05, 3.63) is 23.3 Å². The van der Waals surface area contributed by atoms with Gasteiger partial charge in [-0.1, -0.05) is 27.2 Å². The molecule has 3 N–H and O–H groups in total. The van der Waals surface area contributed by atoms with E-state index in [1.165, 1.54) is 6.07 Å². The minimum atomic E-state index is -4.82. The Morgan fingerprint density at radius 3 is 2.43 bits per heavy atom. The van der Waals surface area contributed by atoms with Crippen molar-refractivity contribution in [3.8, 4) is 11.5 Å². The van der Waals surface area contributed by atoms with E-state index in [1.54, 1.807) is 6.92 Å². The Labute approximate surface area is 178 Å². The standard InChI is InChI=1S/C22H32O7S/c1-20(2)9-5-10-21(3)18(20)8-11-22(4,25)19(21)12-14-15(13-23)16(24)6-7-17(14)29-30(26,27)28/h6-7,13,18-19,24-25H,5,8-12H2,1-4H3,(H,26,27,28). The Morgan fingerprint density at radius 1 is 1.17 bits per heavy atom. The molecule has 8 heteroatoms. The van der Waals surface area contributed by atoms with Gasteiger partial charge in [-0.2, -0.15) is 8.42 Å². The number of aromatic hydroxyl groups is 1. The lowest BCUT2D eigenvalue weighted by atomic mass is 9.45. The monoisotopic (exact) mass is 440 g/mol. The molecule has 0 radical (unpaired) electrons. The number of phenolic OH excluding ortho intramolecular Hbond substituents is 1. The molecule has 0 amide bonds. The highest BCUT2D eigenvalue weighted by Gasteiger charge is 2.58. The lowest BCUT2D eigenvalue weighted by Crippen LogP contribution is -2.58. The third kappa shape index (κ3) is 4.09. The number of aliphatic hydroxyl groups is 1. The molecule has 0 aliphatic heterocycles. The first-order chi connectivity index (χ1) is 13.7. The van der Waals surface area contributed by atoms with Crippen LogP contribution in [0, 0.1) is 22.7 Å². The van der Waals surface area contributed by atoms with Crippen molar-refractivity contribution in [1.82, 2.24) is 0 Å². The molecule has 3 rings (SSSR count). The second kappa shape index (κ2) is 7.50. The summed E-state index contributed by atoms with van der Waals surface area (Å²) in [5.41, 5.74) is -1.10. The van der Waals surface area contributed by atoms with Gasteiger partial charge < -0.3 is 14.4 Å². The van der Waals surface area contributed by atoms with Crippen molar-refractivity contribution in [2.24, 2.45) is 22.7 Å². The molecule has 1 aromatic carbocycles. The zero-order valence-electron chi connectivity index (χ0n) is 18.0. The number of rotatable bonds is 5. The van der Waals surface area contributed by atoms with Crippen LogP contribution in [-0.2, 0) is 16.8 Å². The van der Waals surface area contributed by atoms with Gasteiger partial charge in [-0.25, -0.2) is 0 Å². The van der Waals surface area contributed by atoms with E-state index in [1.807, 2.05) is 0 Å². The van der Waals surface area contributed by atoms with Gasteiger partial charge in [-0.3, -0.25) is 9.35 Å². The van der Waals surface area contributed by atoms with Gasteiger partial charge in [-0.05, 0) is 73.8 Å². The first-order valence-corrected chi connectivity index (χ1v) is 11.8. The summed E-state index contributed by atoms with van der Waals surface area (Å²) >= 11 is 0. The van der Waals surface area contributed by atoms with Crippen molar-refractivity contribution < 1.29 is 32.2 Å². The Morgan fingerprint density at radius 2 is 1.83 bits per heavy atom. The topological polar surface area (TPSA) is 121 Å². The fraction of sp³-hybridized carbons (Fsp3) is 0.682. The Bertz CT molecular complexity index is 935. The van der Waals surface area contributed by atoms with E-state index in [0.29, 0.717) is 18.6 Å². The van der Waals surface area contributed by atoms with Crippen molar-refractivity contribution in [2.75, 3.05) is 0 Å². The molecule has 168 valence electrons. The molecular weight excluding hydrogens is 408 g/mol. The normalized spacial score (nSPS) is 33.5. The summed E-state index contributed by atoms with van der Waals surface area (Å²) in [5, 5.41) is 21.6. The second-order valence-electron chi connectivity index (χ2n) is 10.2. The van der Waals surface area contributed by atoms with Gasteiger partial charge >= 0.3 is 10.4 Å². The molecule has 4 unspecified atom stereocenters. The zero-order valence-corrected chi connectivity index (χ0v) is 18.8. The third-order valence-electron chi connectivity index (χ3n) is 7.77. The van der Waals surface area contributed by atoms with E-state index < -0.39 is 16.0 Å². The summed E-state index contributed by atoms with van der Waals surface area (Å²) in [6.07, 6.45) is 5.10. The minimum absolute atomic E-state index is 0.0901. The van der Waals surface area contributed by atoms with Gasteiger partial charge in [0.05, 0.1) is 11.2 Å². The van der Waals surface area contributed by atoms with E-state index >= 15 is 0 Å². The number of fused-ring (bicyclic) bond motifs is 1. The largest absolute Gasteiger partial charge is 0.507 e. The van der Waals surface area contributed by atoms with Crippen molar-refractivity contribution in [1.29, 1.82) is 0 Å². The molecule has 2 saturated carbocycles. The SMILES string of the molecule is CC1(C)CCCC2(C)C1CCC(C)(O)C2Cc1c(OS(=O)(=O)O)ccc(O)c1C=O. The van der Waals surface area contributed by atoms with E-state index in [9.17, 15) is 28.0 Å². The molecule has 0 spiro atoms. The zero-order chi connectivity index (χ0) is 22.5. The van der Waals surface area contributed by atoms with Crippen molar-refractivity contribution in [3.63, 3.8) is 0 Å². The predicted octanol–water partition coefficient (Wildman–Crippen LogP) is 3.92. The van der Waals surface area contributed by atoms with Gasteiger partial charge in [-0.15, -0.1) is 0 Å². The first kappa shape index (κ1) is 23.0. The molecule has 0 saturated heterocycles. The summed E-state index contributed by atoms with van der Waals surface area (Å²) in [6, 6.07) is 2.37. The lowest BCUT2D eigenvalue weighted by Gasteiger charge is -2.61. The van der Waals surface area contributed by atoms with Crippen LogP contribution in [0.5, 0.6) is 11.5 Å². The molecule has 4 atom stereocenters. The van der Waals surface area contributed by atoms with E-state index in [-0.39, 0.29) is 45.8 Å². The first-order valence-electron chi connectivity index (χ1n) is 10.4. The van der Waals surface area contributed by atoms with Crippen LogP contribution >= 0.6 is 0 Å². The van der Waals surface area contributed by atoms with Crippen LogP contribution in [0.4, 0.5) is 0 Å². The molecule has 1 aromatic rings. The Balaban J connectivity index is 2.13. The maximum atomic E-state index is 11.7. The molecular formula is C22H32O7S. The highest BCUT2D eigenvalue weighted by molar-refractivity contribution is 7.81. The van der Waals surface area contributed by atoms with Crippen LogP contribution in [0.25, 0.3) is 0 Å². The van der Waals surface area contributed by atoms with Crippen LogP contribution in [0.15, 0.2) is 12.1 Å². The predicted molar refractivity (Wildman–Crippen MR) is 112 cm³/mol. The molecule has 2 fully saturated rings. The quantitative estimate of drug-likeness (QED) is 0.468. The van der Waals surface area contributed by atoms with E-state index in [2.05, 4.69) is 20.8 Å². The smallest absolute Gasteiger partial charge is 0.446 e. The molecule has 2 aliphatic carbocycles. The molecule has 0 aromatic heterocycles. The molecule has 30 heavy (non-hydrogen) atoms. The summed E-state index contributed by atoms with van der Waals surface area (Å²) in [5.74, 6) is -0.461. The fourth-order valence-corrected chi connectivity index (χ4v) is 6.83. The van der Waals surface area contributed by atoms with Crippen LogP contribution in [0.1, 0.15) is 75.7 Å². The van der Waals surface area contributed by atoms with Gasteiger partial charge in [0, 0.05) is 5.56 Å². The second-order valence-corrected chi connectivity index (χ2v) is 11.2. The summed E-state index contributed by atoms with van der Waals surface area (Å²) < 4.78 is 36.7. The summed E-state index contributed by atoms with van der Waals surface area (Å²) in [4.78, 5) is 11.7. The number of benzene rings is 1.